The van der Waals surface area contributed by atoms with E-state index in [1.807, 2.05) is 24.3 Å². The monoisotopic (exact) mass is 213 g/mol. The lowest BCUT2D eigenvalue weighted by Gasteiger charge is -2.02. The molecule has 0 aromatic heterocycles. The molecule has 0 atom stereocenters. The lowest BCUT2D eigenvalue weighted by molar-refractivity contribution is 0.692. The van der Waals surface area contributed by atoms with Crippen molar-refractivity contribution in [1.82, 2.24) is 0 Å². The fourth-order valence-corrected chi connectivity index (χ4v) is 1.28. The highest BCUT2D eigenvalue weighted by Crippen LogP contribution is 2.13. The van der Waals surface area contributed by atoms with Crippen molar-refractivity contribution in [3.63, 3.8) is 0 Å². The SMILES string of the molecule is NCC(=CF)CCc1ccc(Cl)cc1. The zero-order valence-electron chi connectivity index (χ0n) is 7.84. The molecule has 0 saturated heterocycles. The lowest BCUT2D eigenvalue weighted by atomic mass is 10.1. The molecule has 1 aromatic rings. The Bertz CT molecular complexity index is 306. The Morgan fingerprint density at radius 3 is 2.50 bits per heavy atom. The Morgan fingerprint density at radius 1 is 1.36 bits per heavy atom. The molecule has 0 heterocycles. The minimum absolute atomic E-state index is 0.282. The van der Waals surface area contributed by atoms with Crippen LogP contribution in [0.25, 0.3) is 0 Å². The van der Waals surface area contributed by atoms with Gasteiger partial charge in [0.1, 0.15) is 0 Å². The van der Waals surface area contributed by atoms with Gasteiger partial charge in [-0.25, -0.2) is 4.39 Å². The van der Waals surface area contributed by atoms with Gasteiger partial charge in [0.2, 0.25) is 0 Å². The van der Waals surface area contributed by atoms with E-state index in [-0.39, 0.29) is 6.54 Å². The van der Waals surface area contributed by atoms with Crippen LogP contribution in [0.1, 0.15) is 12.0 Å². The zero-order chi connectivity index (χ0) is 10.4. The zero-order valence-corrected chi connectivity index (χ0v) is 8.60. The maximum absolute atomic E-state index is 12.2. The summed E-state index contributed by atoms with van der Waals surface area (Å²) in [5, 5.41) is 0.717. The minimum atomic E-state index is 0.282. The van der Waals surface area contributed by atoms with E-state index in [2.05, 4.69) is 0 Å². The van der Waals surface area contributed by atoms with Gasteiger partial charge in [0, 0.05) is 11.6 Å². The molecular weight excluding hydrogens is 201 g/mol. The topological polar surface area (TPSA) is 26.0 Å². The van der Waals surface area contributed by atoms with Crippen molar-refractivity contribution in [3.05, 3.63) is 46.8 Å². The minimum Gasteiger partial charge on any atom is -0.327 e. The van der Waals surface area contributed by atoms with Crippen molar-refractivity contribution in [2.45, 2.75) is 12.8 Å². The summed E-state index contributed by atoms with van der Waals surface area (Å²) < 4.78 is 12.2. The van der Waals surface area contributed by atoms with E-state index in [9.17, 15) is 4.39 Å². The van der Waals surface area contributed by atoms with Crippen LogP contribution < -0.4 is 5.73 Å². The third kappa shape index (κ3) is 3.48. The molecule has 1 aromatic carbocycles. The van der Waals surface area contributed by atoms with Gasteiger partial charge in [-0.3, -0.25) is 0 Å². The van der Waals surface area contributed by atoms with E-state index >= 15 is 0 Å². The van der Waals surface area contributed by atoms with Crippen molar-refractivity contribution in [1.29, 1.82) is 0 Å². The summed E-state index contributed by atoms with van der Waals surface area (Å²) in [7, 11) is 0. The Labute approximate surface area is 88.4 Å². The van der Waals surface area contributed by atoms with Crippen LogP contribution in [-0.4, -0.2) is 6.54 Å². The van der Waals surface area contributed by atoms with Gasteiger partial charge in [-0.15, -0.1) is 0 Å². The highest BCUT2D eigenvalue weighted by molar-refractivity contribution is 6.30. The van der Waals surface area contributed by atoms with Gasteiger partial charge in [0.15, 0.2) is 0 Å². The maximum Gasteiger partial charge on any atom is 0.0871 e. The van der Waals surface area contributed by atoms with Gasteiger partial charge in [-0.05, 0) is 36.1 Å². The Balaban J connectivity index is 2.49. The summed E-state index contributed by atoms with van der Waals surface area (Å²) in [5.74, 6) is 0. The number of aryl methyl sites for hydroxylation is 1. The number of hydrogen-bond acceptors (Lipinski definition) is 1. The third-order valence-corrected chi connectivity index (χ3v) is 2.32. The molecule has 3 heteroatoms. The molecule has 0 bridgehead atoms. The van der Waals surface area contributed by atoms with E-state index in [4.69, 9.17) is 17.3 Å². The van der Waals surface area contributed by atoms with E-state index in [0.29, 0.717) is 23.3 Å². The van der Waals surface area contributed by atoms with E-state index in [1.165, 1.54) is 0 Å². The standard InChI is InChI=1S/C11H13ClFN/c12-11-5-3-9(4-6-11)1-2-10(7-13)8-14/h3-7H,1-2,8,14H2. The van der Waals surface area contributed by atoms with Crippen LogP contribution in [0.5, 0.6) is 0 Å². The number of rotatable bonds is 4. The first-order valence-corrected chi connectivity index (χ1v) is 4.86. The molecule has 0 aliphatic carbocycles. The molecular formula is C11H13ClFN. The smallest absolute Gasteiger partial charge is 0.0871 e. The number of hydrogen-bond donors (Lipinski definition) is 1. The van der Waals surface area contributed by atoms with Crippen LogP contribution in [0.3, 0.4) is 0 Å². The van der Waals surface area contributed by atoms with Gasteiger partial charge in [-0.2, -0.15) is 0 Å². The lowest BCUT2D eigenvalue weighted by Crippen LogP contribution is -2.03. The molecule has 76 valence electrons. The number of benzene rings is 1. The predicted molar refractivity (Wildman–Crippen MR) is 58.0 cm³/mol. The molecule has 0 unspecified atom stereocenters. The van der Waals surface area contributed by atoms with Gasteiger partial charge in [0.25, 0.3) is 0 Å². The summed E-state index contributed by atoms with van der Waals surface area (Å²) in [6, 6.07) is 7.54. The van der Waals surface area contributed by atoms with Crippen LogP contribution in [0, 0.1) is 0 Å². The molecule has 0 fully saturated rings. The van der Waals surface area contributed by atoms with Crippen molar-refractivity contribution >= 4 is 11.6 Å². The van der Waals surface area contributed by atoms with E-state index in [0.717, 1.165) is 12.0 Å². The number of nitrogens with two attached hydrogens (primary N) is 1. The Hall–Kier alpha value is -0.860. The van der Waals surface area contributed by atoms with Crippen LogP contribution in [0.4, 0.5) is 4.39 Å². The molecule has 1 nitrogen and oxygen atoms in total. The quantitative estimate of drug-likeness (QED) is 0.818. The first kappa shape index (κ1) is 11.2. The first-order valence-electron chi connectivity index (χ1n) is 4.49. The summed E-state index contributed by atoms with van der Waals surface area (Å²) in [6.07, 6.45) is 2.05. The highest BCUT2D eigenvalue weighted by Gasteiger charge is 1.97. The van der Waals surface area contributed by atoms with Gasteiger partial charge >= 0.3 is 0 Å². The second kappa shape index (κ2) is 5.78. The van der Waals surface area contributed by atoms with Crippen molar-refractivity contribution in [3.8, 4) is 0 Å². The predicted octanol–water partition coefficient (Wildman–Crippen LogP) is 3.08. The van der Waals surface area contributed by atoms with Crippen molar-refractivity contribution in [2.75, 3.05) is 6.54 Å². The second-order valence-electron chi connectivity index (χ2n) is 3.10. The summed E-state index contributed by atoms with van der Waals surface area (Å²) in [5.41, 5.74) is 7.12. The fourth-order valence-electron chi connectivity index (χ4n) is 1.16. The van der Waals surface area contributed by atoms with Crippen molar-refractivity contribution < 1.29 is 4.39 Å². The van der Waals surface area contributed by atoms with Crippen molar-refractivity contribution in [2.24, 2.45) is 5.73 Å². The van der Waals surface area contributed by atoms with E-state index < -0.39 is 0 Å². The van der Waals surface area contributed by atoms with Gasteiger partial charge < -0.3 is 5.73 Å². The molecule has 0 aliphatic heterocycles. The average Bonchev–Trinajstić information content (AvgIpc) is 2.22. The average molecular weight is 214 g/mol. The summed E-state index contributed by atoms with van der Waals surface area (Å²) in [4.78, 5) is 0. The second-order valence-corrected chi connectivity index (χ2v) is 3.53. The highest BCUT2D eigenvalue weighted by atomic mass is 35.5. The van der Waals surface area contributed by atoms with E-state index in [1.54, 1.807) is 0 Å². The Kier molecular flexibility index (Phi) is 4.63. The van der Waals surface area contributed by atoms with Crippen LogP contribution in [0.15, 0.2) is 36.2 Å². The first-order chi connectivity index (χ1) is 6.76. The summed E-state index contributed by atoms with van der Waals surface area (Å²) in [6.45, 7) is 0.282. The normalized spacial score (nSPS) is 11.8. The molecule has 14 heavy (non-hydrogen) atoms. The van der Waals surface area contributed by atoms with Crippen LogP contribution in [-0.2, 0) is 6.42 Å². The maximum atomic E-state index is 12.2. The molecule has 0 aliphatic rings. The van der Waals surface area contributed by atoms with Gasteiger partial charge in [-0.1, -0.05) is 23.7 Å². The molecule has 0 radical (unpaired) electrons. The molecule has 0 spiro atoms. The summed E-state index contributed by atoms with van der Waals surface area (Å²) >= 11 is 5.74. The fraction of sp³-hybridized carbons (Fsp3) is 0.273. The Morgan fingerprint density at radius 2 is 2.00 bits per heavy atom. The molecule has 0 amide bonds. The van der Waals surface area contributed by atoms with Crippen LogP contribution in [0.2, 0.25) is 5.02 Å². The van der Waals surface area contributed by atoms with Crippen LogP contribution >= 0.6 is 11.6 Å². The molecule has 0 saturated carbocycles. The molecule has 1 rings (SSSR count). The van der Waals surface area contributed by atoms with Gasteiger partial charge in [0.05, 0.1) is 6.33 Å². The number of halogens is 2. The largest absolute Gasteiger partial charge is 0.327 e. The third-order valence-electron chi connectivity index (χ3n) is 2.06. The molecule has 2 N–H and O–H groups in total.